The monoisotopic (exact) mass is 492 g/mol. The maximum absolute atomic E-state index is 12.9. The lowest BCUT2D eigenvalue weighted by Crippen LogP contribution is -2.41. The van der Waals surface area contributed by atoms with Crippen molar-refractivity contribution in [2.75, 3.05) is 57.5 Å². The highest BCUT2D eigenvalue weighted by atomic mass is 16.5. The Morgan fingerprint density at radius 3 is 2.67 bits per heavy atom. The molecular formula is C27H36N6O3. The predicted octanol–water partition coefficient (Wildman–Crippen LogP) is 3.13. The summed E-state index contributed by atoms with van der Waals surface area (Å²) in [6.45, 7) is 10.5. The Hall–Kier alpha value is -2.88. The predicted molar refractivity (Wildman–Crippen MR) is 140 cm³/mol. The number of ether oxygens (including phenoxy) is 2. The van der Waals surface area contributed by atoms with E-state index in [9.17, 15) is 4.79 Å². The first-order valence-corrected chi connectivity index (χ1v) is 13.0. The summed E-state index contributed by atoms with van der Waals surface area (Å²) in [7, 11) is 0. The molecule has 9 heteroatoms. The maximum atomic E-state index is 12.9. The van der Waals surface area contributed by atoms with Crippen LogP contribution < -0.4 is 10.2 Å². The molecule has 1 aromatic carbocycles. The SMILES string of the molecule is CC(=Nc1c(C)ncnc1N1CC(CCN2CCOCC2)c2ccccc21)C(=O)NC1CCOCC1. The summed E-state index contributed by atoms with van der Waals surface area (Å²) in [6.07, 6.45) is 4.32. The van der Waals surface area contributed by atoms with Crippen LogP contribution >= 0.6 is 0 Å². The molecule has 0 aliphatic carbocycles. The number of nitrogens with zero attached hydrogens (tertiary/aromatic N) is 5. The Balaban J connectivity index is 1.37. The lowest BCUT2D eigenvalue weighted by molar-refractivity contribution is -0.116. The number of hydrogen-bond acceptors (Lipinski definition) is 8. The maximum Gasteiger partial charge on any atom is 0.265 e. The van der Waals surface area contributed by atoms with Gasteiger partial charge in [0.2, 0.25) is 0 Å². The third-order valence-corrected chi connectivity index (χ3v) is 7.37. The molecule has 0 saturated carbocycles. The lowest BCUT2D eigenvalue weighted by Gasteiger charge is -2.27. The van der Waals surface area contributed by atoms with E-state index in [0.29, 0.717) is 30.5 Å². The van der Waals surface area contributed by atoms with Crippen molar-refractivity contribution >= 4 is 28.8 Å². The Bertz CT molecular complexity index is 1090. The number of aryl methyl sites for hydroxylation is 1. The molecule has 9 nitrogen and oxygen atoms in total. The number of carbonyl (C=O) groups is 1. The van der Waals surface area contributed by atoms with Crippen LogP contribution in [-0.2, 0) is 14.3 Å². The zero-order chi connectivity index (χ0) is 24.9. The molecule has 2 aromatic rings. The van der Waals surface area contributed by atoms with Crippen molar-refractivity contribution in [3.63, 3.8) is 0 Å². The van der Waals surface area contributed by atoms with Crippen LogP contribution in [0, 0.1) is 6.92 Å². The molecule has 1 atom stereocenters. The van der Waals surface area contributed by atoms with Crippen LogP contribution in [0.3, 0.4) is 0 Å². The molecule has 1 amide bonds. The number of fused-ring (bicyclic) bond motifs is 1. The first-order valence-electron chi connectivity index (χ1n) is 13.0. The second-order valence-electron chi connectivity index (χ2n) is 9.80. The van der Waals surface area contributed by atoms with Crippen molar-refractivity contribution < 1.29 is 14.3 Å². The van der Waals surface area contributed by atoms with E-state index >= 15 is 0 Å². The van der Waals surface area contributed by atoms with Crippen LogP contribution in [0.15, 0.2) is 35.6 Å². The summed E-state index contributed by atoms with van der Waals surface area (Å²) in [5.41, 5.74) is 4.32. The van der Waals surface area contributed by atoms with Gasteiger partial charge in [-0.3, -0.25) is 9.69 Å². The van der Waals surface area contributed by atoms with E-state index in [1.807, 2.05) is 6.92 Å². The minimum atomic E-state index is -0.152. The smallest absolute Gasteiger partial charge is 0.265 e. The Morgan fingerprint density at radius 1 is 1.11 bits per heavy atom. The van der Waals surface area contributed by atoms with Crippen molar-refractivity contribution in [2.24, 2.45) is 4.99 Å². The number of hydrogen-bond donors (Lipinski definition) is 1. The largest absolute Gasteiger partial charge is 0.381 e. The second-order valence-corrected chi connectivity index (χ2v) is 9.80. The van der Waals surface area contributed by atoms with Gasteiger partial charge < -0.3 is 19.7 Å². The molecule has 5 rings (SSSR count). The summed E-state index contributed by atoms with van der Waals surface area (Å²) in [6, 6.07) is 8.68. The zero-order valence-corrected chi connectivity index (χ0v) is 21.3. The van der Waals surface area contributed by atoms with Crippen molar-refractivity contribution in [2.45, 2.75) is 45.1 Å². The van der Waals surface area contributed by atoms with Crippen LogP contribution in [0.2, 0.25) is 0 Å². The minimum Gasteiger partial charge on any atom is -0.381 e. The van der Waals surface area contributed by atoms with E-state index in [2.05, 4.69) is 49.4 Å². The van der Waals surface area contributed by atoms with Gasteiger partial charge in [0, 0.05) is 50.5 Å². The molecule has 3 aliphatic heterocycles. The Kier molecular flexibility index (Phi) is 7.89. The Labute approximate surface area is 212 Å². The molecule has 2 fully saturated rings. The van der Waals surface area contributed by atoms with E-state index in [0.717, 1.165) is 75.9 Å². The quantitative estimate of drug-likeness (QED) is 0.594. The molecule has 1 unspecified atom stereocenters. The highest BCUT2D eigenvalue weighted by molar-refractivity contribution is 6.38. The van der Waals surface area contributed by atoms with Gasteiger partial charge in [0.1, 0.15) is 17.7 Å². The van der Waals surface area contributed by atoms with Crippen LogP contribution in [0.4, 0.5) is 17.2 Å². The fourth-order valence-electron chi connectivity index (χ4n) is 5.24. The van der Waals surface area contributed by atoms with E-state index in [-0.39, 0.29) is 11.9 Å². The number of para-hydroxylation sites is 1. The summed E-state index contributed by atoms with van der Waals surface area (Å²) < 4.78 is 10.9. The van der Waals surface area contributed by atoms with E-state index in [1.54, 1.807) is 13.3 Å². The highest BCUT2D eigenvalue weighted by Crippen LogP contribution is 2.44. The number of benzene rings is 1. The molecule has 0 spiro atoms. The van der Waals surface area contributed by atoms with Gasteiger partial charge >= 0.3 is 0 Å². The topological polar surface area (TPSA) is 92.2 Å². The van der Waals surface area contributed by atoms with Gasteiger partial charge in [-0.1, -0.05) is 18.2 Å². The number of morpholine rings is 1. The molecule has 0 bridgehead atoms. The summed E-state index contributed by atoms with van der Waals surface area (Å²) in [5.74, 6) is 0.998. The molecule has 1 N–H and O–H groups in total. The van der Waals surface area contributed by atoms with Gasteiger partial charge in [-0.15, -0.1) is 0 Å². The fourth-order valence-corrected chi connectivity index (χ4v) is 5.24. The van der Waals surface area contributed by atoms with Crippen LogP contribution in [0.5, 0.6) is 0 Å². The van der Waals surface area contributed by atoms with Crippen LogP contribution in [-0.4, -0.2) is 85.1 Å². The standard InChI is InChI=1S/C27H36N6O3/c1-19-25(30-20(2)27(34)31-22-8-13-35-14-9-22)26(29-18-28-19)33-17-21(23-5-3-4-6-24(23)33)7-10-32-11-15-36-16-12-32/h3-6,18,21-22H,7-17H2,1-2H3,(H,31,34). The van der Waals surface area contributed by atoms with Gasteiger partial charge in [-0.05, 0) is 51.3 Å². The molecule has 0 radical (unpaired) electrons. The zero-order valence-electron chi connectivity index (χ0n) is 21.3. The molecule has 36 heavy (non-hydrogen) atoms. The summed E-state index contributed by atoms with van der Waals surface area (Å²) in [5, 5.41) is 3.10. The highest BCUT2D eigenvalue weighted by Gasteiger charge is 2.32. The van der Waals surface area contributed by atoms with E-state index < -0.39 is 0 Å². The Morgan fingerprint density at radius 2 is 1.86 bits per heavy atom. The summed E-state index contributed by atoms with van der Waals surface area (Å²) in [4.78, 5) is 31.5. The van der Waals surface area contributed by atoms with Crippen LogP contribution in [0.1, 0.15) is 43.4 Å². The van der Waals surface area contributed by atoms with Gasteiger partial charge in [0.05, 0.1) is 18.9 Å². The molecule has 2 saturated heterocycles. The van der Waals surface area contributed by atoms with Crippen LogP contribution in [0.25, 0.3) is 0 Å². The average Bonchev–Trinajstić information content (AvgIpc) is 3.28. The first kappa shape index (κ1) is 24.8. The third kappa shape index (κ3) is 5.58. The second kappa shape index (κ2) is 11.5. The molecular weight excluding hydrogens is 456 g/mol. The lowest BCUT2D eigenvalue weighted by atomic mass is 9.98. The number of carbonyl (C=O) groups excluding carboxylic acids is 1. The first-order chi connectivity index (χ1) is 17.6. The third-order valence-electron chi connectivity index (χ3n) is 7.37. The average molecular weight is 493 g/mol. The molecule has 1 aromatic heterocycles. The number of aliphatic imine (C=N–C) groups is 1. The van der Waals surface area contributed by atoms with Gasteiger partial charge in [-0.2, -0.15) is 0 Å². The number of rotatable bonds is 7. The fraction of sp³-hybridized carbons (Fsp3) is 0.556. The van der Waals surface area contributed by atoms with E-state index in [4.69, 9.17) is 14.5 Å². The number of aromatic nitrogens is 2. The molecule has 192 valence electrons. The number of nitrogens with one attached hydrogen (secondary N) is 1. The van der Waals surface area contributed by atoms with Crippen molar-refractivity contribution in [3.05, 3.63) is 41.9 Å². The molecule has 3 aliphatic rings. The molecule has 4 heterocycles. The van der Waals surface area contributed by atoms with Crippen molar-refractivity contribution in [3.8, 4) is 0 Å². The van der Waals surface area contributed by atoms with Gasteiger partial charge in [0.25, 0.3) is 5.91 Å². The van der Waals surface area contributed by atoms with E-state index in [1.165, 1.54) is 5.56 Å². The number of amides is 1. The summed E-state index contributed by atoms with van der Waals surface area (Å²) >= 11 is 0. The van der Waals surface area contributed by atoms with Gasteiger partial charge in [-0.25, -0.2) is 15.0 Å². The minimum absolute atomic E-state index is 0.127. The van der Waals surface area contributed by atoms with Crippen molar-refractivity contribution in [1.82, 2.24) is 20.2 Å². The normalized spacial score (nSPS) is 21.4. The van der Waals surface area contributed by atoms with Gasteiger partial charge in [0.15, 0.2) is 5.82 Å². The van der Waals surface area contributed by atoms with Crippen molar-refractivity contribution in [1.29, 1.82) is 0 Å². The number of anilines is 2.